The highest BCUT2D eigenvalue weighted by atomic mass is 35.5. The van der Waals surface area contributed by atoms with Crippen molar-refractivity contribution in [1.82, 2.24) is 4.98 Å². The van der Waals surface area contributed by atoms with Crippen molar-refractivity contribution in [3.8, 4) is 6.07 Å². The van der Waals surface area contributed by atoms with Crippen LogP contribution in [0.4, 0.5) is 16.2 Å². The number of fused-ring (bicyclic) bond motifs is 1. The van der Waals surface area contributed by atoms with E-state index in [1.807, 2.05) is 19.1 Å². The third kappa shape index (κ3) is 12.6. The molecule has 0 spiro atoms. The number of nitrogens with one attached hydrogen (secondary N) is 1. The number of oxazole rings is 1. The van der Waals surface area contributed by atoms with Crippen LogP contribution in [0.25, 0.3) is 22.7 Å². The number of carbonyl (C=O) groups is 4. The molecule has 1 saturated carbocycles. The van der Waals surface area contributed by atoms with Crippen LogP contribution in [0.5, 0.6) is 0 Å². The predicted octanol–water partition coefficient (Wildman–Crippen LogP) is 13.4. The maximum absolute atomic E-state index is 14.4. The number of nitriles is 1. The summed E-state index contributed by atoms with van der Waals surface area (Å²) in [6.45, 7) is 4.31. The molecule has 11 nitrogen and oxygen atoms in total. The summed E-state index contributed by atoms with van der Waals surface area (Å²) in [6, 6.07) is 24.9. The van der Waals surface area contributed by atoms with E-state index in [9.17, 15) is 24.4 Å². The van der Waals surface area contributed by atoms with Crippen molar-refractivity contribution in [3.63, 3.8) is 0 Å². The largest absolute Gasteiger partial charge is 0.462 e. The monoisotopic (exact) mass is 904 g/mol. The van der Waals surface area contributed by atoms with Crippen molar-refractivity contribution < 1.29 is 33.1 Å². The molecule has 334 valence electrons. The van der Waals surface area contributed by atoms with Crippen LogP contribution in [0.1, 0.15) is 135 Å². The molecule has 13 heteroatoms. The molecule has 0 aliphatic heterocycles. The van der Waals surface area contributed by atoms with E-state index in [0.29, 0.717) is 35.2 Å². The summed E-state index contributed by atoms with van der Waals surface area (Å²) in [7, 11) is 0. The number of amides is 2. The van der Waals surface area contributed by atoms with Gasteiger partial charge < -0.3 is 19.2 Å². The highest BCUT2D eigenvalue weighted by molar-refractivity contribution is 6.36. The van der Waals surface area contributed by atoms with Crippen molar-refractivity contribution in [2.45, 2.75) is 116 Å². The molecule has 1 N–H and O–H groups in total. The molecule has 1 fully saturated rings. The normalized spacial score (nSPS) is 13.3. The fourth-order valence-corrected chi connectivity index (χ4v) is 8.25. The van der Waals surface area contributed by atoms with Crippen LogP contribution in [0.2, 0.25) is 10.0 Å². The molecule has 1 atom stereocenters. The number of nitrogens with zero attached hydrogens (tertiary/aromatic N) is 3. The minimum atomic E-state index is -2.00. The van der Waals surface area contributed by atoms with E-state index in [-0.39, 0.29) is 51.0 Å². The quantitative estimate of drug-likeness (QED) is 0.0249. The highest BCUT2D eigenvalue weighted by Gasteiger charge is 2.37. The number of para-hydroxylation sites is 2. The van der Waals surface area contributed by atoms with Gasteiger partial charge in [-0.3, -0.25) is 14.5 Å². The summed E-state index contributed by atoms with van der Waals surface area (Å²) in [5.74, 6) is -2.26. The van der Waals surface area contributed by atoms with Crippen LogP contribution < -0.4 is 10.2 Å². The second kappa shape index (κ2) is 23.6. The van der Waals surface area contributed by atoms with E-state index in [4.69, 9.17) is 37.1 Å². The Balaban J connectivity index is 1.18. The van der Waals surface area contributed by atoms with Crippen molar-refractivity contribution in [2.24, 2.45) is 0 Å². The molecule has 1 heterocycles. The first-order valence-corrected chi connectivity index (χ1v) is 23.0. The van der Waals surface area contributed by atoms with Crippen LogP contribution in [0, 0.1) is 18.3 Å². The van der Waals surface area contributed by atoms with Crippen molar-refractivity contribution >= 4 is 81.1 Å². The number of allylic oxidation sites excluding steroid dienone is 1. The molecule has 0 radical (unpaired) electrons. The van der Waals surface area contributed by atoms with Crippen LogP contribution in [0.15, 0.2) is 89.3 Å². The Kier molecular flexibility index (Phi) is 17.6. The molecule has 0 bridgehead atoms. The number of rotatable bonds is 21. The van der Waals surface area contributed by atoms with Crippen LogP contribution >= 0.6 is 23.2 Å². The zero-order valence-electron chi connectivity index (χ0n) is 36.4. The van der Waals surface area contributed by atoms with E-state index >= 15 is 0 Å². The molecule has 0 saturated heterocycles. The van der Waals surface area contributed by atoms with Gasteiger partial charge in [0.05, 0.1) is 27.9 Å². The number of benzene rings is 4. The summed E-state index contributed by atoms with van der Waals surface area (Å²) in [5.41, 5.74) is 3.44. The lowest BCUT2D eigenvalue weighted by atomic mass is 10.0. The summed E-state index contributed by atoms with van der Waals surface area (Å²) < 4.78 is 17.3. The Morgan fingerprint density at radius 2 is 1.56 bits per heavy atom. The van der Waals surface area contributed by atoms with Crippen molar-refractivity contribution in [3.05, 3.63) is 123 Å². The lowest BCUT2D eigenvalue weighted by molar-refractivity contribution is -0.122. The van der Waals surface area contributed by atoms with Gasteiger partial charge in [0.25, 0.3) is 5.91 Å². The van der Waals surface area contributed by atoms with Gasteiger partial charge in [0.15, 0.2) is 5.58 Å². The molecule has 1 aliphatic carbocycles. The third-order valence-electron chi connectivity index (χ3n) is 11.4. The number of halogens is 2. The first kappa shape index (κ1) is 47.5. The van der Waals surface area contributed by atoms with Gasteiger partial charge >= 0.3 is 12.1 Å². The maximum Gasteiger partial charge on any atom is 0.415 e. The number of ether oxygens (including phenoxy) is 2. The van der Waals surface area contributed by atoms with Gasteiger partial charge in [0.2, 0.25) is 17.8 Å². The minimum Gasteiger partial charge on any atom is -0.462 e. The second-order valence-electron chi connectivity index (χ2n) is 16.1. The number of ketones is 1. The van der Waals surface area contributed by atoms with E-state index < -0.39 is 29.9 Å². The van der Waals surface area contributed by atoms with Gasteiger partial charge in [-0.15, -0.1) is 0 Å². The Hall–Kier alpha value is -5.96. The van der Waals surface area contributed by atoms with Crippen molar-refractivity contribution in [2.75, 3.05) is 16.8 Å². The summed E-state index contributed by atoms with van der Waals surface area (Å²) in [6.07, 6.45) is 13.3. The SMILES string of the molecule is CCCCCCCCCCCCOC(=O)c1ccc(Cl)c(NC(=O)C(OC(=O)N(c2ccc(C=C(C#N)c3nc4ccccc4o3)c(C)c2)C2CCCC2)C(=O)c2ccccc2Cl)c1. The van der Waals surface area contributed by atoms with Crippen LogP contribution in [-0.4, -0.2) is 47.5 Å². The number of Topliss-reactive ketones (excluding diaryl/α,β-unsaturated/α-hetero) is 1. The number of hydrogen-bond acceptors (Lipinski definition) is 9. The lowest BCUT2D eigenvalue weighted by Gasteiger charge is -2.30. The molecule has 6 rings (SSSR count). The van der Waals surface area contributed by atoms with E-state index in [2.05, 4.69) is 23.3 Å². The lowest BCUT2D eigenvalue weighted by Crippen LogP contribution is -2.46. The molecule has 2 amide bonds. The first-order chi connectivity index (χ1) is 31.1. The zero-order chi connectivity index (χ0) is 45.4. The average molecular weight is 906 g/mol. The van der Waals surface area contributed by atoms with Crippen LogP contribution in [0.3, 0.4) is 0 Å². The van der Waals surface area contributed by atoms with E-state index in [0.717, 1.165) is 44.1 Å². The van der Waals surface area contributed by atoms with Crippen LogP contribution in [-0.2, 0) is 14.3 Å². The fourth-order valence-electron chi connectivity index (χ4n) is 7.85. The molecule has 1 aromatic heterocycles. The van der Waals surface area contributed by atoms with Gasteiger partial charge in [-0.1, -0.05) is 131 Å². The number of anilines is 2. The number of esters is 1. The van der Waals surface area contributed by atoms with Gasteiger partial charge in [-0.05, 0) is 98.0 Å². The molecule has 5 aromatic rings. The predicted molar refractivity (Wildman–Crippen MR) is 252 cm³/mol. The summed E-state index contributed by atoms with van der Waals surface area (Å²) in [5, 5.41) is 12.8. The first-order valence-electron chi connectivity index (χ1n) is 22.2. The number of carbonyl (C=O) groups excluding carboxylic acids is 4. The third-order valence-corrected chi connectivity index (χ3v) is 12.0. The molecule has 4 aromatic carbocycles. The number of aryl methyl sites for hydroxylation is 1. The van der Waals surface area contributed by atoms with Gasteiger partial charge in [-0.25, -0.2) is 14.6 Å². The topological polar surface area (TPSA) is 152 Å². The molecule has 64 heavy (non-hydrogen) atoms. The van der Waals surface area contributed by atoms with Crippen molar-refractivity contribution in [1.29, 1.82) is 5.26 Å². The zero-order valence-corrected chi connectivity index (χ0v) is 37.9. The minimum absolute atomic E-state index is 0.0227. The smallest absolute Gasteiger partial charge is 0.415 e. The summed E-state index contributed by atoms with van der Waals surface area (Å²) >= 11 is 13.0. The van der Waals surface area contributed by atoms with Gasteiger partial charge in [0.1, 0.15) is 17.2 Å². The molecular weight excluding hydrogens is 851 g/mol. The number of unbranched alkanes of at least 4 members (excludes halogenated alkanes) is 9. The molecular formula is C51H54Cl2N4O7. The summed E-state index contributed by atoms with van der Waals surface area (Å²) in [4.78, 5) is 61.8. The molecule has 1 unspecified atom stereocenters. The van der Waals surface area contributed by atoms with E-state index in [1.165, 1.54) is 73.8 Å². The Morgan fingerprint density at radius 1 is 0.875 bits per heavy atom. The molecule has 1 aliphatic rings. The second-order valence-corrected chi connectivity index (χ2v) is 16.9. The standard InChI is InChI=1S/C51H54Cl2N4O7/c1-3-4-5-6-7-8-9-10-11-18-29-62-50(60)36-26-28-42(53)44(32-36)55-48(59)47(46(58)40-21-14-15-22-41(40)52)64-51(61)57(38-19-12-13-20-38)39-27-25-35(34(2)30-39)31-37(33-54)49-56-43-23-16-17-24-45(43)63-49/h14-17,21-28,30-32,38,47H,3-13,18-20,29H2,1-2H3,(H,55,59). The number of hydrogen-bond donors (Lipinski definition) is 1. The van der Waals surface area contributed by atoms with Gasteiger partial charge in [0, 0.05) is 17.3 Å². The Morgan fingerprint density at radius 3 is 2.25 bits per heavy atom. The highest BCUT2D eigenvalue weighted by Crippen LogP contribution is 2.33. The fraction of sp³-hybridized carbons (Fsp3) is 0.373. The number of aromatic nitrogens is 1. The Bertz CT molecular complexity index is 2470. The van der Waals surface area contributed by atoms with Gasteiger partial charge in [-0.2, -0.15) is 5.26 Å². The van der Waals surface area contributed by atoms with E-state index in [1.54, 1.807) is 48.5 Å². The maximum atomic E-state index is 14.4. The Labute approximate surface area is 384 Å². The average Bonchev–Trinajstić information content (AvgIpc) is 3.99.